The van der Waals surface area contributed by atoms with E-state index in [0.29, 0.717) is 13.2 Å². The number of para-hydroxylation sites is 4. The van der Waals surface area contributed by atoms with Crippen molar-refractivity contribution in [1.82, 2.24) is 0 Å². The van der Waals surface area contributed by atoms with E-state index in [4.69, 9.17) is 21.1 Å². The second-order valence-electron chi connectivity index (χ2n) is 26.8. The number of benzene rings is 4. The summed E-state index contributed by atoms with van der Waals surface area (Å²) >= 11 is 7.13. The predicted molar refractivity (Wildman–Crippen MR) is 393 cm³/mol. The van der Waals surface area contributed by atoms with Crippen LogP contribution >= 0.6 is 11.6 Å². The summed E-state index contributed by atoms with van der Waals surface area (Å²) in [6.07, 6.45) is 27.4. The quantitative estimate of drug-likeness (QED) is 0.0378. The van der Waals surface area contributed by atoms with Crippen molar-refractivity contribution in [3.8, 4) is 0 Å². The van der Waals surface area contributed by atoms with Crippen LogP contribution in [0.1, 0.15) is 125 Å². The molecule has 4 aromatic carbocycles. The van der Waals surface area contributed by atoms with E-state index in [0.717, 1.165) is 50.5 Å². The predicted octanol–water partition coefficient (Wildman–Crippen LogP) is 18.4. The van der Waals surface area contributed by atoms with E-state index in [1.807, 2.05) is 0 Å². The first-order valence-corrected chi connectivity index (χ1v) is 39.5. The molecule has 0 unspecified atom stereocenters. The maximum Gasteiger partial charge on any atom is 0.469 e. The number of sulfone groups is 4. The molecular formula is C75H87ClF12N4O10S4. The number of fused-ring (bicyclic) bond motifs is 4. The number of nitrogens with zero attached hydrogens (tertiary/aromatic N) is 4. The van der Waals surface area contributed by atoms with Crippen LogP contribution in [0, 0.1) is 9.16 Å². The highest BCUT2D eigenvalue weighted by Crippen LogP contribution is 2.50. The second kappa shape index (κ2) is 33.4. The van der Waals surface area contributed by atoms with Gasteiger partial charge in [0.25, 0.3) is 0 Å². The van der Waals surface area contributed by atoms with E-state index < -0.39 is 70.5 Å². The van der Waals surface area contributed by atoms with Crippen molar-refractivity contribution in [3.05, 3.63) is 223 Å². The van der Waals surface area contributed by atoms with Gasteiger partial charge < -0.3 is 19.3 Å². The molecule has 582 valence electrons. The van der Waals surface area contributed by atoms with Crippen LogP contribution in [-0.4, -0.2) is 130 Å². The normalized spacial score (nSPS) is 19.2. The summed E-state index contributed by atoms with van der Waals surface area (Å²) in [5.41, 5.74) is -6.16. The molecule has 4 aliphatic heterocycles. The van der Waals surface area contributed by atoms with Gasteiger partial charge in [0.15, 0.2) is 18.0 Å². The van der Waals surface area contributed by atoms with Crippen molar-refractivity contribution in [3.63, 3.8) is 0 Å². The fourth-order valence-corrected chi connectivity index (χ4v) is 18.1. The first kappa shape index (κ1) is 87.8. The van der Waals surface area contributed by atoms with Crippen molar-refractivity contribution in [2.45, 2.75) is 146 Å². The maximum absolute atomic E-state index is 11.8. The molecule has 31 heteroatoms. The monoisotopic (exact) mass is 1590 g/mol. The van der Waals surface area contributed by atoms with Crippen molar-refractivity contribution >= 4 is 85.1 Å². The maximum atomic E-state index is 11.8. The lowest BCUT2D eigenvalue weighted by Crippen LogP contribution is -2.37. The van der Waals surface area contributed by atoms with Gasteiger partial charge >= 0.3 is 22.0 Å². The second-order valence-corrected chi connectivity index (χ2v) is 36.1. The third-order valence-electron chi connectivity index (χ3n) is 18.9. The lowest BCUT2D eigenvalue weighted by atomic mass is 9.81. The number of allylic oxidation sites excluding steroid dienone is 16. The number of hydrogen-bond donors (Lipinski definition) is 0. The Morgan fingerprint density at radius 1 is 0.472 bits per heavy atom. The van der Waals surface area contributed by atoms with Crippen LogP contribution in [0.25, 0.3) is 0 Å². The Balaban J connectivity index is 0.000000241. The van der Waals surface area contributed by atoms with Crippen LogP contribution in [0.2, 0.25) is 0 Å². The molecule has 0 saturated carbocycles. The molecule has 0 fully saturated rings. The van der Waals surface area contributed by atoms with E-state index in [-0.39, 0.29) is 35.5 Å². The summed E-state index contributed by atoms with van der Waals surface area (Å²) in [5, 5.41) is 0.887. The van der Waals surface area contributed by atoms with Gasteiger partial charge in [-0.05, 0) is 107 Å². The number of ether oxygens (including phenoxy) is 2. The Labute approximate surface area is 618 Å². The van der Waals surface area contributed by atoms with E-state index >= 15 is 0 Å². The van der Waals surface area contributed by atoms with Crippen LogP contribution in [0.3, 0.4) is 0 Å². The van der Waals surface area contributed by atoms with Gasteiger partial charge in [0.2, 0.25) is 11.4 Å². The van der Waals surface area contributed by atoms with Crippen molar-refractivity contribution in [1.29, 1.82) is 0 Å². The zero-order valence-electron chi connectivity index (χ0n) is 60.9. The average Bonchev–Trinajstić information content (AvgIpc) is 1.18. The fourth-order valence-electron chi connectivity index (χ4n) is 13.1. The summed E-state index contributed by atoms with van der Waals surface area (Å²) in [7, 11) is -22.5. The summed E-state index contributed by atoms with van der Waals surface area (Å²) in [5.74, 6) is 0. The first-order valence-electron chi connectivity index (χ1n) is 33.2. The molecule has 0 atom stereocenters. The van der Waals surface area contributed by atoms with Crippen molar-refractivity contribution in [2.75, 3.05) is 63.4 Å². The molecule has 9 rings (SSSR count). The summed E-state index contributed by atoms with van der Waals surface area (Å²) < 4.78 is 235. The lowest BCUT2D eigenvalue weighted by molar-refractivity contribution is -0.441. The van der Waals surface area contributed by atoms with Gasteiger partial charge in [-0.2, -0.15) is 75.7 Å². The molecular weight excluding hydrogens is 1510 g/mol. The Hall–Kier alpha value is -7.09. The van der Waals surface area contributed by atoms with E-state index in [2.05, 4.69) is 252 Å². The summed E-state index contributed by atoms with van der Waals surface area (Å²) in [6, 6.07) is 35.0. The smallest absolute Gasteiger partial charge is 0.383 e. The first-order chi connectivity index (χ1) is 48.9. The van der Waals surface area contributed by atoms with Crippen LogP contribution in [-0.2, 0) is 70.5 Å². The average molecular weight is 1600 g/mol. The zero-order chi connectivity index (χ0) is 80.0. The topological polar surface area (TPSA) is 168 Å². The number of hydrogen-bond acceptors (Lipinski definition) is 12. The standard InChI is InChI=1S/C36H44ClN2O2.C31H37N2.2C4H3F6O4S2/c1-35(2)28-14-7-9-16-30(28)38(22-24-40-5)32(35)20-18-26-12-11-13-27(34(26)37)19-21-33-36(3,4)29-15-8-10-17-31(29)39(33)23-25-41-6;1-7-32-26-20-16-14-18-24(26)30(3,4)28(32)22-12-10-9-11-13-23-29-31(5,6)25-19-15-17-21-27(25)33(29)8-2;2*1-2(15(11,12)3(5,6)7)16(13,14)4(8,9)10/h7-10,14-21H,11-13,22-25H2,1-6H3;9-23H,7-8H2,1-6H3;2*1H3/q2*+1;2*-1. The number of anilines is 2. The molecule has 0 N–H and O–H groups in total. The summed E-state index contributed by atoms with van der Waals surface area (Å²) in [4.78, 5) is 4.83. The number of methoxy groups -OCH3 is 2. The highest BCUT2D eigenvalue weighted by molar-refractivity contribution is 8.14. The fraction of sp³-hybridized carbons (Fsp3) is 0.413. The molecule has 4 heterocycles. The molecule has 0 saturated heterocycles. The minimum absolute atomic E-state index is 0.0177. The lowest BCUT2D eigenvalue weighted by Gasteiger charge is -2.27. The molecule has 0 radical (unpaired) electrons. The van der Waals surface area contributed by atoms with Gasteiger partial charge in [-0.25, -0.2) is 0 Å². The zero-order valence-corrected chi connectivity index (χ0v) is 64.9. The molecule has 0 bridgehead atoms. The van der Waals surface area contributed by atoms with Gasteiger partial charge in [0.1, 0.15) is 52.5 Å². The molecule has 106 heavy (non-hydrogen) atoms. The third kappa shape index (κ3) is 17.9. The molecule has 1 aliphatic carbocycles. The van der Waals surface area contributed by atoms with Gasteiger partial charge in [0, 0.05) is 101 Å². The molecule has 14 nitrogen and oxygen atoms in total. The van der Waals surface area contributed by atoms with E-state index in [1.54, 1.807) is 14.2 Å². The van der Waals surface area contributed by atoms with Crippen LogP contribution < -0.4 is 9.80 Å². The van der Waals surface area contributed by atoms with Gasteiger partial charge in [-0.1, -0.05) is 164 Å². The van der Waals surface area contributed by atoms with E-state index in [9.17, 15) is 86.4 Å². The molecule has 0 amide bonds. The Morgan fingerprint density at radius 3 is 1.29 bits per heavy atom. The highest BCUT2D eigenvalue weighted by atomic mass is 35.5. The number of alkyl halides is 12. The van der Waals surface area contributed by atoms with Crippen LogP contribution in [0.15, 0.2) is 191 Å². The number of rotatable bonds is 19. The molecule has 4 aromatic rings. The summed E-state index contributed by atoms with van der Waals surface area (Å²) in [6.45, 7) is 27.3. The molecule has 0 aromatic heterocycles. The van der Waals surface area contributed by atoms with Crippen LogP contribution in [0.5, 0.6) is 0 Å². The number of halogens is 13. The van der Waals surface area contributed by atoms with Crippen LogP contribution in [0.4, 0.5) is 75.4 Å². The Morgan fingerprint density at radius 2 is 0.858 bits per heavy atom. The Kier molecular flexibility index (Phi) is 27.7. The van der Waals surface area contributed by atoms with Gasteiger partial charge in [-0.15, -0.1) is 0 Å². The number of likely N-dealkylation sites (N-methyl/N-ethyl adjacent to an activating group) is 1. The Bertz CT molecular complexity index is 4540. The van der Waals surface area contributed by atoms with Gasteiger partial charge in [0.05, 0.1) is 17.4 Å². The van der Waals surface area contributed by atoms with E-state index in [1.165, 1.54) is 79.0 Å². The van der Waals surface area contributed by atoms with Crippen molar-refractivity contribution < 1.29 is 105 Å². The SMILES string of the molecule is CCN1/C(=C/C=C/C=C/C=C/C2=[N+](CC)c3ccccc3C2(C)C)C(C)(C)c2ccccc21.COCCN1/C(=C/C=C2\CCCC(/C=C/C3=[N+](CCOC)c4ccccc4C3(C)C)=C2Cl)C(C)(C)c2ccccc21.C[C-](S(=O)(=O)C(F)(F)F)S(=O)(=O)C(F)(F)F.C[C-](S(=O)(=O)C(F)(F)F)S(=O)(=O)C(F)(F)F. The van der Waals surface area contributed by atoms with Crippen molar-refractivity contribution in [2.24, 2.45) is 0 Å². The molecule has 0 spiro atoms. The van der Waals surface area contributed by atoms with Gasteiger partial charge in [-0.3, -0.25) is 33.7 Å². The largest absolute Gasteiger partial charge is 0.469 e. The highest BCUT2D eigenvalue weighted by Gasteiger charge is 2.54. The third-order valence-corrected chi connectivity index (χ3v) is 27.5. The minimum atomic E-state index is -6.51. The molecule has 5 aliphatic rings. The minimum Gasteiger partial charge on any atom is -0.383 e.